The van der Waals surface area contributed by atoms with Gasteiger partial charge < -0.3 is 20.0 Å². The van der Waals surface area contributed by atoms with Crippen molar-refractivity contribution in [2.45, 2.75) is 6.92 Å². The summed E-state index contributed by atoms with van der Waals surface area (Å²) in [6.07, 6.45) is 0. The third kappa shape index (κ3) is 4.69. The minimum atomic E-state index is -1.24. The van der Waals surface area contributed by atoms with E-state index in [1.165, 1.54) is 7.05 Å². The number of nitrogens with zero attached hydrogens (tertiary/aromatic N) is 3. The number of fused-ring (bicyclic) bond motifs is 1. The molecular formula is C12H13N4NaO4. The maximum atomic E-state index is 11.2. The van der Waals surface area contributed by atoms with Gasteiger partial charge in [0, 0.05) is 13.1 Å². The van der Waals surface area contributed by atoms with Crippen molar-refractivity contribution in [2.75, 3.05) is 25.5 Å². The van der Waals surface area contributed by atoms with E-state index in [4.69, 9.17) is 4.74 Å². The Morgan fingerprint density at radius 2 is 2.24 bits per heavy atom. The third-order valence-electron chi connectivity index (χ3n) is 2.59. The molecule has 1 heterocycles. The molecule has 9 heteroatoms. The number of aliphatic carboxylic acids is 1. The smallest absolute Gasteiger partial charge is 0.548 e. The molecule has 0 aromatic heterocycles. The number of carbonyl (C=O) groups is 2. The van der Waals surface area contributed by atoms with Crippen LogP contribution in [-0.2, 0) is 9.59 Å². The quantitative estimate of drug-likeness (QED) is 0.362. The summed E-state index contributed by atoms with van der Waals surface area (Å²) in [5.74, 6) is -0.939. The number of carboxylic acids is 1. The van der Waals surface area contributed by atoms with Gasteiger partial charge in [-0.25, -0.2) is 0 Å². The van der Waals surface area contributed by atoms with Crippen molar-refractivity contribution < 1.29 is 49.0 Å². The van der Waals surface area contributed by atoms with Crippen LogP contribution in [-0.4, -0.2) is 37.1 Å². The Morgan fingerprint density at radius 1 is 1.52 bits per heavy atom. The van der Waals surface area contributed by atoms with E-state index < -0.39 is 5.97 Å². The Bertz CT molecular complexity index is 591. The molecule has 1 aromatic rings. The Balaban J connectivity index is 0.00000220. The molecular weight excluding hydrogens is 287 g/mol. The number of benzene rings is 1. The normalized spacial score (nSPS) is 13.0. The van der Waals surface area contributed by atoms with Gasteiger partial charge in [-0.3, -0.25) is 9.80 Å². The Hall–Kier alpha value is -1.64. The van der Waals surface area contributed by atoms with Crippen molar-refractivity contribution >= 4 is 23.3 Å². The van der Waals surface area contributed by atoms with Crippen molar-refractivity contribution in [1.82, 2.24) is 5.01 Å². The molecule has 0 spiro atoms. The molecule has 1 aromatic carbocycles. The van der Waals surface area contributed by atoms with Gasteiger partial charge in [-0.15, -0.1) is 5.11 Å². The van der Waals surface area contributed by atoms with E-state index in [1.807, 2.05) is 0 Å². The first-order valence-corrected chi connectivity index (χ1v) is 5.85. The first kappa shape index (κ1) is 17.4. The number of likely N-dealkylation sites (N-methyl/N-ethyl adjacent to an activating group) is 1. The van der Waals surface area contributed by atoms with Gasteiger partial charge in [-0.2, -0.15) is 0 Å². The zero-order valence-corrected chi connectivity index (χ0v) is 14.0. The number of hydrogen-bond acceptors (Lipinski definition) is 6. The first-order valence-electron chi connectivity index (χ1n) is 5.85. The molecule has 0 fully saturated rings. The van der Waals surface area contributed by atoms with Crippen LogP contribution in [0.25, 0.3) is 0 Å². The van der Waals surface area contributed by atoms with E-state index in [0.717, 1.165) is 10.6 Å². The fourth-order valence-electron chi connectivity index (χ4n) is 1.67. The second-order valence-corrected chi connectivity index (χ2v) is 4.35. The molecule has 8 nitrogen and oxygen atoms in total. The fourth-order valence-corrected chi connectivity index (χ4v) is 1.67. The Morgan fingerprint density at radius 3 is 2.90 bits per heavy atom. The molecule has 1 aliphatic rings. The summed E-state index contributed by atoms with van der Waals surface area (Å²) in [7, 11) is 1.48. The van der Waals surface area contributed by atoms with Crippen LogP contribution in [0.15, 0.2) is 22.5 Å². The zero-order chi connectivity index (χ0) is 14.7. The monoisotopic (exact) mass is 300 g/mol. The second kappa shape index (κ2) is 7.39. The summed E-state index contributed by atoms with van der Waals surface area (Å²) in [5.41, 5.74) is 1.89. The number of ether oxygens (including phenoxy) is 1. The van der Waals surface area contributed by atoms with Crippen LogP contribution in [0.1, 0.15) is 5.56 Å². The second-order valence-electron chi connectivity index (χ2n) is 4.35. The summed E-state index contributed by atoms with van der Waals surface area (Å²) < 4.78 is 5.27. The number of anilines is 1. The summed E-state index contributed by atoms with van der Waals surface area (Å²) in [4.78, 5) is 21.6. The standard InChI is InChI=1S/C12H14N4O4.Na/c1-7-3-9-10(20-6-11(17)13-9)4-8(7)14-15-16(2)5-12(18)19;/h3-4H,5-6H2,1-2H3,(H,13,17)(H,18,19);/q;+1/p-1. The molecule has 2 rings (SSSR count). The number of carboxylic acid groups (broad SMARTS) is 1. The maximum absolute atomic E-state index is 11.2. The van der Waals surface area contributed by atoms with Crippen molar-refractivity contribution in [2.24, 2.45) is 10.3 Å². The molecule has 0 saturated carbocycles. The van der Waals surface area contributed by atoms with Gasteiger partial charge in [0.15, 0.2) is 6.61 Å². The summed E-state index contributed by atoms with van der Waals surface area (Å²) >= 11 is 0. The molecule has 0 saturated heterocycles. The molecule has 0 radical (unpaired) electrons. The van der Waals surface area contributed by atoms with Crippen LogP contribution in [0.5, 0.6) is 5.75 Å². The van der Waals surface area contributed by atoms with Crippen LogP contribution >= 0.6 is 0 Å². The average Bonchev–Trinajstić information content (AvgIpc) is 2.35. The van der Waals surface area contributed by atoms with Crippen LogP contribution in [0, 0.1) is 6.92 Å². The zero-order valence-electron chi connectivity index (χ0n) is 12.0. The van der Waals surface area contributed by atoms with Gasteiger partial charge in [0.2, 0.25) is 0 Å². The maximum Gasteiger partial charge on any atom is 1.00 e. The van der Waals surface area contributed by atoms with Gasteiger partial charge in [0.25, 0.3) is 5.91 Å². The van der Waals surface area contributed by atoms with Gasteiger partial charge in [0.05, 0.1) is 23.9 Å². The summed E-state index contributed by atoms with van der Waals surface area (Å²) in [6.45, 7) is 1.41. The number of hydrogen-bond donors (Lipinski definition) is 1. The van der Waals surface area contributed by atoms with Crippen molar-refractivity contribution in [3.63, 3.8) is 0 Å². The molecule has 0 atom stereocenters. The minimum absolute atomic E-state index is 0. The van der Waals surface area contributed by atoms with Crippen molar-refractivity contribution in [3.05, 3.63) is 17.7 Å². The van der Waals surface area contributed by atoms with E-state index in [2.05, 4.69) is 15.7 Å². The fraction of sp³-hybridized carbons (Fsp3) is 0.333. The van der Waals surface area contributed by atoms with E-state index in [1.54, 1.807) is 19.1 Å². The molecule has 0 bridgehead atoms. The van der Waals surface area contributed by atoms with Gasteiger partial charge in [-0.1, -0.05) is 5.22 Å². The van der Waals surface area contributed by atoms with E-state index in [0.29, 0.717) is 17.1 Å². The predicted octanol–water partition coefficient (Wildman–Crippen LogP) is -2.99. The van der Waals surface area contributed by atoms with Crippen LogP contribution in [0.3, 0.4) is 0 Å². The van der Waals surface area contributed by atoms with Crippen LogP contribution in [0.4, 0.5) is 11.4 Å². The minimum Gasteiger partial charge on any atom is -0.548 e. The Labute approximate surface area is 143 Å². The number of aryl methyl sites for hydroxylation is 1. The number of carbonyl (C=O) groups excluding carboxylic acids is 2. The third-order valence-corrected chi connectivity index (χ3v) is 2.59. The average molecular weight is 300 g/mol. The van der Waals surface area contributed by atoms with Gasteiger partial charge in [-0.05, 0) is 18.6 Å². The van der Waals surface area contributed by atoms with Crippen LogP contribution < -0.4 is 44.7 Å². The van der Waals surface area contributed by atoms with E-state index in [-0.39, 0.29) is 48.6 Å². The van der Waals surface area contributed by atoms with Gasteiger partial charge >= 0.3 is 29.6 Å². The summed E-state index contributed by atoms with van der Waals surface area (Å²) in [6, 6.07) is 3.36. The Kier molecular flexibility index (Phi) is 6.13. The number of nitrogens with one attached hydrogen (secondary N) is 1. The van der Waals surface area contributed by atoms with E-state index in [9.17, 15) is 14.7 Å². The predicted molar refractivity (Wildman–Crippen MR) is 67.5 cm³/mol. The SMILES string of the molecule is Cc1cc2c(cc1N=NN(C)CC(=O)[O-])OCC(=O)N2.[Na+]. The molecule has 1 N–H and O–H groups in total. The van der Waals surface area contributed by atoms with E-state index >= 15 is 0 Å². The molecule has 1 amide bonds. The van der Waals surface area contributed by atoms with Crippen molar-refractivity contribution in [1.29, 1.82) is 0 Å². The number of rotatable bonds is 4. The molecule has 106 valence electrons. The molecule has 21 heavy (non-hydrogen) atoms. The molecule has 0 unspecified atom stereocenters. The largest absolute Gasteiger partial charge is 1.00 e. The molecule has 0 aliphatic carbocycles. The topological polar surface area (TPSA) is 106 Å². The summed E-state index contributed by atoms with van der Waals surface area (Å²) in [5, 5.41) is 21.9. The van der Waals surface area contributed by atoms with Crippen molar-refractivity contribution in [3.8, 4) is 5.75 Å². The van der Waals surface area contributed by atoms with Crippen LogP contribution in [0.2, 0.25) is 0 Å². The number of amides is 1. The van der Waals surface area contributed by atoms with Gasteiger partial charge in [0.1, 0.15) is 5.75 Å². The first-order chi connectivity index (χ1) is 9.45. The molecule has 1 aliphatic heterocycles.